The average Bonchev–Trinajstić information content (AvgIpc) is 2.36. The molecular formula is C13H9BrCl2N2O. The minimum atomic E-state index is -0.379. The van der Waals surface area contributed by atoms with Gasteiger partial charge in [0, 0.05) is 9.50 Å². The molecule has 0 unspecified atom stereocenters. The molecule has 2 amide bonds. The van der Waals surface area contributed by atoms with Gasteiger partial charge in [0.05, 0.1) is 16.4 Å². The summed E-state index contributed by atoms with van der Waals surface area (Å²) >= 11 is 15.1. The lowest BCUT2D eigenvalue weighted by Gasteiger charge is -2.10. The van der Waals surface area contributed by atoms with Gasteiger partial charge in [-0.05, 0) is 46.3 Å². The van der Waals surface area contributed by atoms with Gasteiger partial charge >= 0.3 is 6.03 Å². The largest absolute Gasteiger partial charge is 0.323 e. The van der Waals surface area contributed by atoms with Crippen LogP contribution in [0.1, 0.15) is 0 Å². The Morgan fingerprint density at radius 1 is 1.00 bits per heavy atom. The molecule has 6 heteroatoms. The van der Waals surface area contributed by atoms with Crippen molar-refractivity contribution in [3.8, 4) is 0 Å². The van der Waals surface area contributed by atoms with E-state index >= 15 is 0 Å². The van der Waals surface area contributed by atoms with Gasteiger partial charge in [-0.1, -0.05) is 35.3 Å². The Hall–Kier alpha value is -1.23. The van der Waals surface area contributed by atoms with E-state index in [9.17, 15) is 4.79 Å². The van der Waals surface area contributed by atoms with E-state index in [1.165, 1.54) is 0 Å². The number of benzene rings is 2. The first-order chi connectivity index (χ1) is 9.06. The molecule has 98 valence electrons. The average molecular weight is 360 g/mol. The molecule has 2 rings (SSSR count). The van der Waals surface area contributed by atoms with Crippen molar-refractivity contribution < 1.29 is 4.79 Å². The van der Waals surface area contributed by atoms with E-state index in [0.29, 0.717) is 21.4 Å². The first-order valence-corrected chi connectivity index (χ1v) is 6.89. The van der Waals surface area contributed by atoms with Gasteiger partial charge in [-0.25, -0.2) is 4.79 Å². The lowest BCUT2D eigenvalue weighted by atomic mass is 10.3. The third kappa shape index (κ3) is 3.86. The monoisotopic (exact) mass is 358 g/mol. The summed E-state index contributed by atoms with van der Waals surface area (Å²) in [5.74, 6) is 0. The fourth-order valence-corrected chi connectivity index (χ4v) is 2.27. The number of hydrogen-bond donors (Lipinski definition) is 2. The highest BCUT2D eigenvalue weighted by Crippen LogP contribution is 2.26. The van der Waals surface area contributed by atoms with Crippen LogP contribution >= 0.6 is 39.1 Å². The SMILES string of the molecule is O=C(Nc1ccc(Cl)cc1Cl)Nc1ccccc1Br. The Morgan fingerprint density at radius 3 is 2.37 bits per heavy atom. The lowest BCUT2D eigenvalue weighted by molar-refractivity contribution is 0.262. The highest BCUT2D eigenvalue weighted by molar-refractivity contribution is 9.10. The molecule has 0 heterocycles. The van der Waals surface area contributed by atoms with E-state index in [1.54, 1.807) is 24.3 Å². The second-order valence-corrected chi connectivity index (χ2v) is 5.38. The maximum atomic E-state index is 11.8. The molecule has 0 radical (unpaired) electrons. The first-order valence-electron chi connectivity index (χ1n) is 5.34. The zero-order valence-corrected chi connectivity index (χ0v) is 12.7. The summed E-state index contributed by atoms with van der Waals surface area (Å²) in [4.78, 5) is 11.8. The number of para-hydroxylation sites is 1. The number of rotatable bonds is 2. The minimum Gasteiger partial charge on any atom is -0.307 e. The summed E-state index contributed by atoms with van der Waals surface area (Å²) in [6.45, 7) is 0. The molecule has 0 aliphatic rings. The molecule has 3 nitrogen and oxygen atoms in total. The standard InChI is InChI=1S/C13H9BrCl2N2O/c14-9-3-1-2-4-11(9)17-13(19)18-12-6-5-8(15)7-10(12)16/h1-7H,(H2,17,18,19). The molecule has 0 aliphatic heterocycles. The molecule has 0 aliphatic carbocycles. The van der Waals surface area contributed by atoms with Crippen LogP contribution in [0.15, 0.2) is 46.9 Å². The van der Waals surface area contributed by atoms with Gasteiger partial charge < -0.3 is 10.6 Å². The third-order valence-electron chi connectivity index (χ3n) is 2.30. The quantitative estimate of drug-likeness (QED) is 0.740. The van der Waals surface area contributed by atoms with E-state index < -0.39 is 0 Å². The Labute approximate surface area is 129 Å². The molecule has 0 atom stereocenters. The summed E-state index contributed by atoms with van der Waals surface area (Å²) in [5.41, 5.74) is 1.17. The van der Waals surface area contributed by atoms with Crippen LogP contribution in [0.25, 0.3) is 0 Å². The van der Waals surface area contributed by atoms with E-state index in [2.05, 4.69) is 26.6 Å². The highest BCUT2D eigenvalue weighted by atomic mass is 79.9. The highest BCUT2D eigenvalue weighted by Gasteiger charge is 2.07. The molecule has 19 heavy (non-hydrogen) atoms. The molecule has 2 aromatic carbocycles. The summed E-state index contributed by atoms with van der Waals surface area (Å²) in [6.07, 6.45) is 0. The van der Waals surface area contributed by atoms with Crippen molar-refractivity contribution in [1.82, 2.24) is 0 Å². The molecular weight excluding hydrogens is 351 g/mol. The summed E-state index contributed by atoms with van der Waals surface area (Å²) in [5, 5.41) is 6.26. The van der Waals surface area contributed by atoms with E-state index in [1.807, 2.05) is 18.2 Å². The smallest absolute Gasteiger partial charge is 0.307 e. The summed E-state index contributed by atoms with van der Waals surface area (Å²) in [6, 6.07) is 11.8. The van der Waals surface area contributed by atoms with Crippen LogP contribution in [0.5, 0.6) is 0 Å². The number of hydrogen-bond acceptors (Lipinski definition) is 1. The predicted molar refractivity (Wildman–Crippen MR) is 83.2 cm³/mol. The van der Waals surface area contributed by atoms with Gasteiger partial charge in [0.1, 0.15) is 0 Å². The number of carbonyl (C=O) groups is 1. The van der Waals surface area contributed by atoms with Crippen LogP contribution < -0.4 is 10.6 Å². The van der Waals surface area contributed by atoms with E-state index in [4.69, 9.17) is 23.2 Å². The number of urea groups is 1. The van der Waals surface area contributed by atoms with Crippen LogP contribution in [0.3, 0.4) is 0 Å². The molecule has 0 saturated heterocycles. The van der Waals surface area contributed by atoms with Crippen molar-refractivity contribution in [2.45, 2.75) is 0 Å². The minimum absolute atomic E-state index is 0.379. The molecule has 0 fully saturated rings. The van der Waals surface area contributed by atoms with Gasteiger partial charge in [-0.15, -0.1) is 0 Å². The van der Waals surface area contributed by atoms with Crippen LogP contribution in [0.4, 0.5) is 16.2 Å². The van der Waals surface area contributed by atoms with Crippen LogP contribution in [0, 0.1) is 0 Å². The van der Waals surface area contributed by atoms with Crippen molar-refractivity contribution in [2.75, 3.05) is 10.6 Å². The number of nitrogens with one attached hydrogen (secondary N) is 2. The fraction of sp³-hybridized carbons (Fsp3) is 0. The van der Waals surface area contributed by atoms with Gasteiger partial charge in [0.2, 0.25) is 0 Å². The number of anilines is 2. The molecule has 0 bridgehead atoms. The van der Waals surface area contributed by atoms with Crippen molar-refractivity contribution in [3.05, 3.63) is 57.0 Å². The fourth-order valence-electron chi connectivity index (χ4n) is 1.43. The summed E-state index contributed by atoms with van der Waals surface area (Å²) < 4.78 is 0.798. The maximum absolute atomic E-state index is 11.8. The molecule has 0 spiro atoms. The maximum Gasteiger partial charge on any atom is 0.323 e. The van der Waals surface area contributed by atoms with Gasteiger partial charge in [0.15, 0.2) is 0 Å². The van der Waals surface area contributed by atoms with Crippen molar-refractivity contribution >= 4 is 56.5 Å². The normalized spacial score (nSPS) is 10.1. The van der Waals surface area contributed by atoms with Crippen molar-refractivity contribution in [2.24, 2.45) is 0 Å². The molecule has 0 aromatic heterocycles. The zero-order valence-electron chi connectivity index (χ0n) is 9.58. The van der Waals surface area contributed by atoms with Crippen LogP contribution in [-0.4, -0.2) is 6.03 Å². The zero-order chi connectivity index (χ0) is 13.8. The topological polar surface area (TPSA) is 41.1 Å². The Morgan fingerprint density at radius 2 is 1.68 bits per heavy atom. The molecule has 2 N–H and O–H groups in total. The van der Waals surface area contributed by atoms with Crippen molar-refractivity contribution in [3.63, 3.8) is 0 Å². The number of halogens is 3. The summed E-state index contributed by atoms with van der Waals surface area (Å²) in [7, 11) is 0. The molecule has 2 aromatic rings. The Balaban J connectivity index is 2.08. The van der Waals surface area contributed by atoms with Crippen molar-refractivity contribution in [1.29, 1.82) is 0 Å². The van der Waals surface area contributed by atoms with Gasteiger partial charge in [-0.3, -0.25) is 0 Å². The molecule has 0 saturated carbocycles. The Bertz CT molecular complexity index is 619. The number of amides is 2. The predicted octanol–water partition coefficient (Wildman–Crippen LogP) is 5.40. The number of carbonyl (C=O) groups excluding carboxylic acids is 1. The second kappa shape index (κ2) is 6.28. The van der Waals surface area contributed by atoms with Crippen LogP contribution in [-0.2, 0) is 0 Å². The van der Waals surface area contributed by atoms with Crippen LogP contribution in [0.2, 0.25) is 10.0 Å². The second-order valence-electron chi connectivity index (χ2n) is 3.68. The Kier molecular flexibility index (Phi) is 4.69. The van der Waals surface area contributed by atoms with E-state index in [0.717, 1.165) is 4.47 Å². The van der Waals surface area contributed by atoms with Gasteiger partial charge in [-0.2, -0.15) is 0 Å². The first kappa shape index (κ1) is 14.2. The third-order valence-corrected chi connectivity index (χ3v) is 3.54. The lowest BCUT2D eigenvalue weighted by Crippen LogP contribution is -2.19. The van der Waals surface area contributed by atoms with E-state index in [-0.39, 0.29) is 6.03 Å². The van der Waals surface area contributed by atoms with Gasteiger partial charge in [0.25, 0.3) is 0 Å².